The number of aliphatic hydroxyl groups excluding tert-OH is 1. The molecule has 3 N–H and O–H groups in total. The van der Waals surface area contributed by atoms with Crippen molar-refractivity contribution in [1.29, 1.82) is 0 Å². The van der Waals surface area contributed by atoms with E-state index in [1.54, 1.807) is 19.2 Å². The van der Waals surface area contributed by atoms with Crippen molar-refractivity contribution in [1.82, 2.24) is 24.4 Å². The van der Waals surface area contributed by atoms with Crippen LogP contribution < -0.4 is 26.6 Å². The summed E-state index contributed by atoms with van der Waals surface area (Å²) in [6.45, 7) is 3.16. The number of hydrogen-bond acceptors (Lipinski definition) is 9. The third-order valence-electron chi connectivity index (χ3n) is 8.86. The van der Waals surface area contributed by atoms with Gasteiger partial charge < -0.3 is 25.2 Å². The summed E-state index contributed by atoms with van der Waals surface area (Å²) in [6.07, 6.45) is -2.83. The maximum Gasteiger partial charge on any atom is 0.330 e. The molecule has 1 aliphatic rings. The molecule has 4 heterocycles. The third kappa shape index (κ3) is 6.54. The Morgan fingerprint density at radius 1 is 1.06 bits per heavy atom. The molecule has 1 aliphatic heterocycles. The second-order valence-corrected chi connectivity index (χ2v) is 12.2. The van der Waals surface area contributed by atoms with Gasteiger partial charge in [-0.05, 0) is 42.7 Å². The molecule has 256 valence electrons. The molecule has 49 heavy (non-hydrogen) atoms. The number of nitrogens with zero attached hydrogens (tertiary/aromatic N) is 4. The number of halogens is 3. The lowest BCUT2D eigenvalue weighted by atomic mass is 9.96. The lowest BCUT2D eigenvalue weighted by molar-refractivity contribution is -0.0281. The molecule has 0 aliphatic carbocycles. The number of nitrogens with one attached hydrogen (secondary N) is 2. The molecular weight excluding hydrogens is 658 g/mol. The van der Waals surface area contributed by atoms with Gasteiger partial charge in [0.05, 0.1) is 36.1 Å². The maximum absolute atomic E-state index is 13.9. The molecule has 0 bridgehead atoms. The van der Waals surface area contributed by atoms with Crippen molar-refractivity contribution in [2.24, 2.45) is 14.1 Å². The largest absolute Gasteiger partial charge is 0.481 e. The van der Waals surface area contributed by atoms with Crippen LogP contribution in [-0.4, -0.2) is 56.7 Å². The minimum atomic E-state index is -2.93. The second kappa shape index (κ2) is 14.0. The normalized spacial score (nSPS) is 16.3. The standard InChI is InChI=1S/C35H35ClF2N6O5/c1-18-20(7-6-10-23(18)40-32-29-27(15-26(41-32)31(37)38)43(2)35(47)44(3)34(29)46)21-8-5-9-22(30(21)36)24-12-11-19(33(42-24)48-4)16-39-25-13-14-49-17-28(25)45/h5-12,15,25,28,31,39,45H,13-14,16-17H2,1-4H3,(H,40,41)/t25-,28+/m0/s1. The highest BCUT2D eigenvalue weighted by molar-refractivity contribution is 6.36. The van der Waals surface area contributed by atoms with E-state index in [9.17, 15) is 23.5 Å². The summed E-state index contributed by atoms with van der Waals surface area (Å²) in [4.78, 5) is 34.6. The van der Waals surface area contributed by atoms with Crippen molar-refractivity contribution < 1.29 is 23.4 Å². The molecule has 0 spiro atoms. The van der Waals surface area contributed by atoms with Crippen molar-refractivity contribution in [2.45, 2.75) is 38.5 Å². The molecule has 1 saturated heterocycles. The van der Waals surface area contributed by atoms with Gasteiger partial charge in [-0.1, -0.05) is 48.0 Å². The molecule has 11 nitrogen and oxygen atoms in total. The first kappa shape index (κ1) is 34.2. The van der Waals surface area contributed by atoms with Gasteiger partial charge in [0.2, 0.25) is 5.88 Å². The van der Waals surface area contributed by atoms with E-state index in [2.05, 4.69) is 15.6 Å². The Hall–Kier alpha value is -4.69. The average Bonchev–Trinajstić information content (AvgIpc) is 3.10. The number of ether oxygens (including phenoxy) is 2. The Morgan fingerprint density at radius 3 is 2.53 bits per heavy atom. The van der Waals surface area contributed by atoms with Gasteiger partial charge in [0.1, 0.15) is 16.9 Å². The van der Waals surface area contributed by atoms with Crippen LogP contribution in [0.2, 0.25) is 5.02 Å². The predicted molar refractivity (Wildman–Crippen MR) is 184 cm³/mol. The summed E-state index contributed by atoms with van der Waals surface area (Å²) in [7, 11) is 4.28. The van der Waals surface area contributed by atoms with E-state index >= 15 is 0 Å². The number of aryl methyl sites for hydroxylation is 1. The number of aliphatic hydroxyl groups is 1. The summed E-state index contributed by atoms with van der Waals surface area (Å²) >= 11 is 7.06. The van der Waals surface area contributed by atoms with Crippen LogP contribution in [0.25, 0.3) is 33.3 Å². The Labute approximate surface area is 285 Å². The number of alkyl halides is 2. The fourth-order valence-electron chi connectivity index (χ4n) is 6.07. The van der Waals surface area contributed by atoms with E-state index in [0.29, 0.717) is 65.2 Å². The van der Waals surface area contributed by atoms with Crippen molar-refractivity contribution in [3.63, 3.8) is 0 Å². The zero-order valence-electron chi connectivity index (χ0n) is 27.3. The van der Waals surface area contributed by atoms with Gasteiger partial charge >= 0.3 is 5.69 Å². The zero-order valence-corrected chi connectivity index (χ0v) is 28.0. The van der Waals surface area contributed by atoms with Crippen molar-refractivity contribution >= 4 is 34.0 Å². The van der Waals surface area contributed by atoms with E-state index in [0.717, 1.165) is 26.3 Å². The summed E-state index contributed by atoms with van der Waals surface area (Å²) in [5.41, 5.74) is 2.88. The molecule has 0 radical (unpaired) electrons. The number of fused-ring (bicyclic) bond motifs is 1. The fourth-order valence-corrected chi connectivity index (χ4v) is 6.40. The summed E-state index contributed by atoms with van der Waals surface area (Å²) in [5.74, 6) is 0.325. The van der Waals surface area contributed by atoms with Gasteiger partial charge in [-0.25, -0.2) is 23.5 Å². The second-order valence-electron chi connectivity index (χ2n) is 11.8. The van der Waals surface area contributed by atoms with Crippen LogP contribution in [0.5, 0.6) is 5.88 Å². The third-order valence-corrected chi connectivity index (χ3v) is 9.27. The van der Waals surface area contributed by atoms with Crippen LogP contribution in [0.4, 0.5) is 20.3 Å². The van der Waals surface area contributed by atoms with Gasteiger partial charge in [0.25, 0.3) is 12.0 Å². The molecule has 5 aromatic rings. The monoisotopic (exact) mass is 692 g/mol. The number of anilines is 2. The highest BCUT2D eigenvalue weighted by atomic mass is 35.5. The molecule has 2 atom stereocenters. The first-order valence-electron chi connectivity index (χ1n) is 15.6. The van der Waals surface area contributed by atoms with Crippen LogP contribution in [0.1, 0.15) is 29.7 Å². The number of benzene rings is 2. The minimum Gasteiger partial charge on any atom is -0.481 e. The fraction of sp³-hybridized carbons (Fsp3) is 0.314. The van der Waals surface area contributed by atoms with E-state index < -0.39 is 29.5 Å². The van der Waals surface area contributed by atoms with Crippen LogP contribution in [0.3, 0.4) is 0 Å². The van der Waals surface area contributed by atoms with E-state index in [1.807, 2.05) is 43.3 Å². The Bertz CT molecular complexity index is 2170. The van der Waals surface area contributed by atoms with Gasteiger partial charge in [0.15, 0.2) is 0 Å². The Balaban J connectivity index is 1.35. The van der Waals surface area contributed by atoms with E-state index in [4.69, 9.17) is 26.1 Å². The summed E-state index contributed by atoms with van der Waals surface area (Å²) in [6, 6.07) is 15.7. The van der Waals surface area contributed by atoms with Crippen molar-refractivity contribution in [3.8, 4) is 28.3 Å². The molecule has 6 rings (SSSR count). The number of pyridine rings is 2. The molecule has 14 heteroatoms. The lowest BCUT2D eigenvalue weighted by Crippen LogP contribution is -2.46. The van der Waals surface area contributed by atoms with E-state index in [-0.39, 0.29) is 22.8 Å². The lowest BCUT2D eigenvalue weighted by Gasteiger charge is -2.28. The maximum atomic E-state index is 13.9. The Morgan fingerprint density at radius 2 is 1.80 bits per heavy atom. The first-order valence-corrected chi connectivity index (χ1v) is 16.0. The van der Waals surface area contributed by atoms with Crippen LogP contribution in [0.15, 0.2) is 64.2 Å². The molecule has 0 amide bonds. The van der Waals surface area contributed by atoms with Crippen LogP contribution >= 0.6 is 11.6 Å². The number of aromatic nitrogens is 4. The van der Waals surface area contributed by atoms with Gasteiger partial charge in [-0.15, -0.1) is 0 Å². The summed E-state index contributed by atoms with van der Waals surface area (Å²) in [5, 5.41) is 17.1. The highest BCUT2D eigenvalue weighted by Gasteiger charge is 2.24. The number of rotatable bonds is 9. The first-order chi connectivity index (χ1) is 23.5. The zero-order chi connectivity index (χ0) is 35.0. The molecule has 0 unspecified atom stereocenters. The molecule has 3 aromatic heterocycles. The molecule has 2 aromatic carbocycles. The number of methoxy groups -OCH3 is 1. The van der Waals surface area contributed by atoms with Crippen LogP contribution in [0, 0.1) is 6.92 Å². The topological polar surface area (TPSA) is 133 Å². The SMILES string of the molecule is COc1nc(-c2cccc(-c3cccc(Nc4nc(C(F)F)cc5c4c(=O)n(C)c(=O)n5C)c3C)c2Cl)ccc1CN[C@H]1CCOC[C@H]1O. The van der Waals surface area contributed by atoms with Crippen molar-refractivity contribution in [3.05, 3.63) is 97.3 Å². The number of hydrogen-bond donors (Lipinski definition) is 3. The van der Waals surface area contributed by atoms with Gasteiger partial charge in [-0.3, -0.25) is 13.9 Å². The average molecular weight is 693 g/mol. The molecule has 1 fully saturated rings. The molecular formula is C35H35ClF2N6O5. The van der Waals surface area contributed by atoms with E-state index in [1.165, 1.54) is 14.1 Å². The quantitative estimate of drug-likeness (QED) is 0.190. The minimum absolute atomic E-state index is 0.00133. The smallest absolute Gasteiger partial charge is 0.330 e. The highest BCUT2D eigenvalue weighted by Crippen LogP contribution is 2.40. The summed E-state index contributed by atoms with van der Waals surface area (Å²) < 4.78 is 40.8. The van der Waals surface area contributed by atoms with Crippen molar-refractivity contribution in [2.75, 3.05) is 25.6 Å². The van der Waals surface area contributed by atoms with Crippen LogP contribution in [-0.2, 0) is 25.4 Å². The predicted octanol–water partition coefficient (Wildman–Crippen LogP) is 5.25. The van der Waals surface area contributed by atoms with Gasteiger partial charge in [-0.2, -0.15) is 0 Å². The molecule has 0 saturated carbocycles. The Kier molecular flexibility index (Phi) is 9.79. The van der Waals surface area contributed by atoms with Gasteiger partial charge in [0, 0.05) is 55.7 Å².